The smallest absolute Gasteiger partial charge is 0.256 e. The van der Waals surface area contributed by atoms with E-state index < -0.39 is 41.9 Å². The van der Waals surface area contributed by atoms with Crippen LogP contribution in [0.3, 0.4) is 0 Å². The third-order valence-electron chi connectivity index (χ3n) is 5.28. The van der Waals surface area contributed by atoms with E-state index in [4.69, 9.17) is 0 Å². The van der Waals surface area contributed by atoms with E-state index in [0.29, 0.717) is 22.7 Å². The summed E-state index contributed by atoms with van der Waals surface area (Å²) in [7, 11) is 0. The quantitative estimate of drug-likeness (QED) is 0.498. The van der Waals surface area contributed by atoms with Gasteiger partial charge >= 0.3 is 0 Å². The van der Waals surface area contributed by atoms with Crippen molar-refractivity contribution in [2.24, 2.45) is 4.99 Å². The van der Waals surface area contributed by atoms with Crippen molar-refractivity contribution in [3.05, 3.63) is 99.7 Å². The highest BCUT2D eigenvalue weighted by Crippen LogP contribution is 2.38. The molecule has 0 radical (unpaired) electrons. The zero-order chi connectivity index (χ0) is 22.2. The van der Waals surface area contributed by atoms with E-state index in [1.165, 1.54) is 42.6 Å². The van der Waals surface area contributed by atoms with E-state index in [0.717, 1.165) is 4.57 Å². The first-order chi connectivity index (χ1) is 14.8. The summed E-state index contributed by atoms with van der Waals surface area (Å²) in [4.78, 5) is 20.5. The van der Waals surface area contributed by atoms with Crippen LogP contribution in [0, 0.1) is 11.8 Å². The predicted molar refractivity (Wildman–Crippen MR) is 107 cm³/mol. The minimum absolute atomic E-state index is 0.325. The maximum Gasteiger partial charge on any atom is 0.256 e. The number of amidine groups is 1. The van der Waals surface area contributed by atoms with Gasteiger partial charge in [-0.3, -0.25) is 9.79 Å². The SMILES string of the molecule is C[C@@H]1N=C(c2ccc(=O)n(CC(F)F)c2)N[C@]1(c1ccc(F)cc1)c1cccc(F)n1. The molecule has 3 heterocycles. The lowest BCUT2D eigenvalue weighted by Gasteiger charge is -2.34. The van der Waals surface area contributed by atoms with Crippen molar-refractivity contribution < 1.29 is 17.6 Å². The minimum atomic E-state index is -2.69. The highest BCUT2D eigenvalue weighted by atomic mass is 19.3. The van der Waals surface area contributed by atoms with Crippen LogP contribution in [0.4, 0.5) is 17.6 Å². The molecule has 2 aromatic heterocycles. The second-order valence-corrected chi connectivity index (χ2v) is 7.24. The standard InChI is InChI=1S/C22H18F4N4O/c1-13-22(15-6-8-16(23)9-7-15,17-3-2-4-19(26)28-17)29-21(27-13)14-5-10-20(31)30(11-14)12-18(24)25/h2-11,13,18H,12H2,1H3,(H,27,29)/t13-,22+/m0/s1. The number of alkyl halides is 2. The number of pyridine rings is 2. The maximum atomic E-state index is 14.0. The van der Waals surface area contributed by atoms with Gasteiger partial charge in [0, 0.05) is 17.8 Å². The molecule has 160 valence electrons. The maximum absolute atomic E-state index is 14.0. The topological polar surface area (TPSA) is 59.3 Å². The van der Waals surface area contributed by atoms with Crippen molar-refractivity contribution >= 4 is 5.84 Å². The molecule has 0 amide bonds. The Morgan fingerprint density at radius 3 is 2.52 bits per heavy atom. The number of nitrogens with zero attached hydrogens (tertiary/aromatic N) is 3. The lowest BCUT2D eigenvalue weighted by atomic mass is 9.81. The molecular formula is C22H18F4N4O. The summed E-state index contributed by atoms with van der Waals surface area (Å²) in [6.07, 6.45) is -1.40. The van der Waals surface area contributed by atoms with E-state index in [9.17, 15) is 22.4 Å². The number of halogens is 4. The van der Waals surface area contributed by atoms with Gasteiger partial charge in [-0.1, -0.05) is 18.2 Å². The summed E-state index contributed by atoms with van der Waals surface area (Å²) in [6.45, 7) is 1.04. The zero-order valence-electron chi connectivity index (χ0n) is 16.4. The van der Waals surface area contributed by atoms with E-state index in [1.807, 2.05) is 0 Å². The van der Waals surface area contributed by atoms with Crippen molar-refractivity contribution in [1.29, 1.82) is 0 Å². The molecule has 0 saturated heterocycles. The van der Waals surface area contributed by atoms with Crippen molar-refractivity contribution in [3.8, 4) is 0 Å². The molecule has 5 nitrogen and oxygen atoms in total. The highest BCUT2D eigenvalue weighted by Gasteiger charge is 2.46. The highest BCUT2D eigenvalue weighted by molar-refractivity contribution is 6.01. The molecule has 0 aliphatic carbocycles. The average molecular weight is 430 g/mol. The Labute approximate surface area is 175 Å². The van der Waals surface area contributed by atoms with Crippen molar-refractivity contribution in [2.45, 2.75) is 31.5 Å². The molecule has 0 saturated carbocycles. The Morgan fingerprint density at radius 1 is 1.10 bits per heavy atom. The largest absolute Gasteiger partial charge is 0.353 e. The Hall–Kier alpha value is -3.49. The zero-order valence-corrected chi connectivity index (χ0v) is 16.4. The molecule has 1 aromatic carbocycles. The van der Waals surface area contributed by atoms with E-state index in [2.05, 4.69) is 15.3 Å². The monoisotopic (exact) mass is 430 g/mol. The number of hydrogen-bond acceptors (Lipinski definition) is 4. The molecular weight excluding hydrogens is 412 g/mol. The van der Waals surface area contributed by atoms with Gasteiger partial charge in [0.25, 0.3) is 12.0 Å². The summed E-state index contributed by atoms with van der Waals surface area (Å²) in [6, 6.07) is 12.2. The van der Waals surface area contributed by atoms with Gasteiger partial charge in [0.15, 0.2) is 0 Å². The molecule has 3 aromatic rings. The average Bonchev–Trinajstić information content (AvgIpc) is 3.08. The minimum Gasteiger partial charge on any atom is -0.353 e. The van der Waals surface area contributed by atoms with Crippen LogP contribution in [0.1, 0.15) is 23.7 Å². The first kappa shape index (κ1) is 20.8. The van der Waals surface area contributed by atoms with Gasteiger partial charge in [0.1, 0.15) is 17.2 Å². The first-order valence-corrected chi connectivity index (χ1v) is 9.53. The predicted octanol–water partition coefficient (Wildman–Crippen LogP) is 3.47. The fourth-order valence-corrected chi connectivity index (χ4v) is 3.80. The lowest BCUT2D eigenvalue weighted by molar-refractivity contribution is 0.125. The molecule has 2 atom stereocenters. The molecule has 1 aliphatic rings. The van der Waals surface area contributed by atoms with Crippen molar-refractivity contribution in [3.63, 3.8) is 0 Å². The number of benzene rings is 1. The third-order valence-corrected chi connectivity index (χ3v) is 5.28. The summed E-state index contributed by atoms with van der Waals surface area (Å²) >= 11 is 0. The van der Waals surface area contributed by atoms with Crippen LogP contribution in [0.15, 0.2) is 70.6 Å². The number of rotatable bonds is 5. The fourth-order valence-electron chi connectivity index (χ4n) is 3.80. The van der Waals surface area contributed by atoms with Crippen LogP contribution < -0.4 is 10.9 Å². The number of hydrogen-bond donors (Lipinski definition) is 1. The van der Waals surface area contributed by atoms with Gasteiger partial charge in [-0.15, -0.1) is 0 Å². The second kappa shape index (κ2) is 7.98. The second-order valence-electron chi connectivity index (χ2n) is 7.24. The molecule has 1 N–H and O–H groups in total. The molecule has 0 bridgehead atoms. The summed E-state index contributed by atoms with van der Waals surface area (Å²) in [5.41, 5.74) is -0.361. The van der Waals surface area contributed by atoms with Gasteiger partial charge < -0.3 is 9.88 Å². The van der Waals surface area contributed by atoms with Crippen LogP contribution in [-0.4, -0.2) is 27.9 Å². The summed E-state index contributed by atoms with van der Waals surface area (Å²) in [5.74, 6) is -0.796. The van der Waals surface area contributed by atoms with Gasteiger partial charge in [0.2, 0.25) is 5.95 Å². The third kappa shape index (κ3) is 3.83. The Balaban J connectivity index is 1.81. The molecule has 31 heavy (non-hydrogen) atoms. The molecule has 0 spiro atoms. The Morgan fingerprint density at radius 2 is 1.84 bits per heavy atom. The van der Waals surface area contributed by atoms with Crippen molar-refractivity contribution in [2.75, 3.05) is 0 Å². The Kier molecular flexibility index (Phi) is 5.34. The van der Waals surface area contributed by atoms with Gasteiger partial charge in [-0.05, 0) is 42.8 Å². The van der Waals surface area contributed by atoms with Crippen LogP contribution >= 0.6 is 0 Å². The van der Waals surface area contributed by atoms with Gasteiger partial charge in [-0.2, -0.15) is 4.39 Å². The number of aliphatic imine (C=N–C) groups is 1. The van der Waals surface area contributed by atoms with Crippen LogP contribution in [-0.2, 0) is 12.1 Å². The Bertz CT molecular complexity index is 1190. The van der Waals surface area contributed by atoms with Gasteiger partial charge in [-0.25, -0.2) is 18.2 Å². The molecule has 1 aliphatic heterocycles. The number of nitrogens with one attached hydrogen (secondary N) is 1. The van der Waals surface area contributed by atoms with Crippen LogP contribution in [0.25, 0.3) is 0 Å². The summed E-state index contributed by atoms with van der Waals surface area (Å²) < 4.78 is 54.1. The lowest BCUT2D eigenvalue weighted by Crippen LogP contribution is -2.48. The summed E-state index contributed by atoms with van der Waals surface area (Å²) in [5, 5.41) is 3.25. The molecule has 0 unspecified atom stereocenters. The first-order valence-electron chi connectivity index (χ1n) is 9.53. The van der Waals surface area contributed by atoms with Crippen LogP contribution in [0.5, 0.6) is 0 Å². The molecule has 9 heteroatoms. The number of aromatic nitrogens is 2. The van der Waals surface area contributed by atoms with E-state index in [-0.39, 0.29) is 0 Å². The van der Waals surface area contributed by atoms with E-state index in [1.54, 1.807) is 25.1 Å². The van der Waals surface area contributed by atoms with Crippen LogP contribution in [0.2, 0.25) is 0 Å². The normalized spacial score (nSPS) is 20.6. The van der Waals surface area contributed by atoms with Gasteiger partial charge in [0.05, 0.1) is 18.3 Å². The van der Waals surface area contributed by atoms with Crippen molar-refractivity contribution in [1.82, 2.24) is 14.9 Å². The fraction of sp³-hybridized carbons (Fsp3) is 0.227. The molecule has 4 rings (SSSR count). The van der Waals surface area contributed by atoms with E-state index >= 15 is 0 Å². The molecule has 0 fully saturated rings.